The number of amides is 1. The van der Waals surface area contributed by atoms with Gasteiger partial charge in [-0.25, -0.2) is 13.8 Å². The molecule has 2 aliphatic rings. The number of aromatic nitrogens is 4. The van der Waals surface area contributed by atoms with E-state index >= 15 is 0 Å². The van der Waals surface area contributed by atoms with Crippen molar-refractivity contribution in [3.8, 4) is 11.9 Å². The molecule has 0 unspecified atom stereocenters. The van der Waals surface area contributed by atoms with Crippen LogP contribution >= 0.6 is 0 Å². The number of morpholine rings is 1. The van der Waals surface area contributed by atoms with Crippen LogP contribution in [-0.2, 0) is 4.74 Å². The number of hydrogen-bond acceptors (Lipinski definition) is 10. The summed E-state index contributed by atoms with van der Waals surface area (Å²) < 4.78 is 38.4. The van der Waals surface area contributed by atoms with Crippen molar-refractivity contribution in [2.75, 3.05) is 30.5 Å². The van der Waals surface area contributed by atoms with Crippen LogP contribution in [0.5, 0.6) is 5.88 Å². The van der Waals surface area contributed by atoms with Crippen LogP contribution < -0.4 is 15.4 Å². The van der Waals surface area contributed by atoms with Crippen molar-refractivity contribution in [1.29, 1.82) is 5.26 Å². The Labute approximate surface area is 235 Å². The third kappa shape index (κ3) is 6.15. The molecule has 4 heterocycles. The van der Waals surface area contributed by atoms with Crippen LogP contribution in [0, 0.1) is 11.3 Å². The van der Waals surface area contributed by atoms with Crippen molar-refractivity contribution in [3.05, 3.63) is 35.7 Å². The van der Waals surface area contributed by atoms with E-state index in [1.807, 2.05) is 13.8 Å². The van der Waals surface area contributed by atoms with E-state index in [-0.39, 0.29) is 41.1 Å². The van der Waals surface area contributed by atoms with Crippen molar-refractivity contribution in [2.45, 2.75) is 70.2 Å². The SMILES string of the molecule is C[C@@H]1COC[C@H](C)N1C(=O)c1ccc(Nc2cc(N[C@H]3CCCC[C@@H]3O)nn3c(C#N)cnc23)nc1OCC(F)F. The number of ether oxygens (including phenoxy) is 2. The number of anilines is 3. The average Bonchev–Trinajstić information content (AvgIpc) is 3.36. The van der Waals surface area contributed by atoms with Gasteiger partial charge in [0.05, 0.1) is 49.3 Å². The summed E-state index contributed by atoms with van der Waals surface area (Å²) in [6.45, 7) is 3.48. The van der Waals surface area contributed by atoms with Gasteiger partial charge in [0.25, 0.3) is 12.3 Å². The average molecular weight is 571 g/mol. The lowest BCUT2D eigenvalue weighted by atomic mass is 9.92. The van der Waals surface area contributed by atoms with Crippen LogP contribution in [0.15, 0.2) is 24.4 Å². The Morgan fingerprint density at radius 1 is 1.24 bits per heavy atom. The molecule has 3 aromatic rings. The number of fused-ring (bicyclic) bond motifs is 1. The highest BCUT2D eigenvalue weighted by Gasteiger charge is 2.33. The zero-order chi connectivity index (χ0) is 29.1. The maximum Gasteiger partial charge on any atom is 0.272 e. The molecular weight excluding hydrogens is 538 g/mol. The minimum Gasteiger partial charge on any atom is -0.471 e. The number of pyridine rings is 1. The molecule has 0 radical (unpaired) electrons. The minimum atomic E-state index is -2.77. The molecule has 12 nitrogen and oxygen atoms in total. The van der Waals surface area contributed by atoms with Gasteiger partial charge in [0, 0.05) is 6.07 Å². The summed E-state index contributed by atoms with van der Waals surface area (Å²) in [4.78, 5) is 23.8. The van der Waals surface area contributed by atoms with E-state index < -0.39 is 25.0 Å². The first-order chi connectivity index (χ1) is 19.7. The number of nitrogens with one attached hydrogen (secondary N) is 2. The summed E-state index contributed by atoms with van der Waals surface area (Å²) in [5.41, 5.74) is 0.984. The van der Waals surface area contributed by atoms with E-state index in [9.17, 15) is 23.9 Å². The molecule has 5 rings (SSSR count). The molecule has 3 N–H and O–H groups in total. The number of aliphatic hydroxyl groups excluding tert-OH is 1. The first kappa shape index (κ1) is 28.4. The second kappa shape index (κ2) is 12.2. The molecule has 1 aliphatic carbocycles. The zero-order valence-electron chi connectivity index (χ0n) is 22.8. The lowest BCUT2D eigenvalue weighted by Crippen LogP contribution is -2.52. The first-order valence-corrected chi connectivity index (χ1v) is 13.6. The monoisotopic (exact) mass is 570 g/mol. The lowest BCUT2D eigenvalue weighted by Gasteiger charge is -2.38. The van der Waals surface area contributed by atoms with Gasteiger partial charge < -0.3 is 30.1 Å². The van der Waals surface area contributed by atoms with Gasteiger partial charge in [-0.2, -0.15) is 14.8 Å². The van der Waals surface area contributed by atoms with E-state index in [4.69, 9.17) is 9.47 Å². The van der Waals surface area contributed by atoms with Gasteiger partial charge in [0.2, 0.25) is 5.88 Å². The van der Waals surface area contributed by atoms with Crippen LogP contribution in [0.4, 0.5) is 26.1 Å². The standard InChI is InChI=1S/C27H32F2N8O4/c1-15-12-40-13-16(2)36(15)27(39)18-7-8-23(34-26(18)41-14-22(28)29)33-20-9-24(32-19-5-3-4-6-21(19)38)35-37-17(10-30)11-31-25(20)37/h7-9,11,15-16,19,21-22,38H,3-6,12-14H2,1-2H3,(H,32,35)(H,33,34)/t15-,16+,19-,21-/m0/s1. The number of hydrogen-bond donors (Lipinski definition) is 3. The Kier molecular flexibility index (Phi) is 8.46. The third-order valence-corrected chi connectivity index (χ3v) is 7.25. The summed E-state index contributed by atoms with van der Waals surface area (Å²) >= 11 is 0. The predicted molar refractivity (Wildman–Crippen MR) is 145 cm³/mol. The van der Waals surface area contributed by atoms with Gasteiger partial charge >= 0.3 is 0 Å². The number of alkyl halides is 2. The van der Waals surface area contributed by atoms with Crippen LogP contribution in [0.1, 0.15) is 55.6 Å². The van der Waals surface area contributed by atoms with Gasteiger partial charge in [-0.15, -0.1) is 5.10 Å². The van der Waals surface area contributed by atoms with E-state index in [1.54, 1.807) is 17.0 Å². The first-order valence-electron chi connectivity index (χ1n) is 13.6. The fourth-order valence-electron chi connectivity index (χ4n) is 5.28. The Morgan fingerprint density at radius 3 is 2.71 bits per heavy atom. The zero-order valence-corrected chi connectivity index (χ0v) is 22.8. The largest absolute Gasteiger partial charge is 0.471 e. The van der Waals surface area contributed by atoms with Crippen LogP contribution in [0.3, 0.4) is 0 Å². The Hall–Kier alpha value is -4.09. The molecule has 0 bridgehead atoms. The van der Waals surface area contributed by atoms with Crippen molar-refractivity contribution in [1.82, 2.24) is 24.5 Å². The highest BCUT2D eigenvalue weighted by molar-refractivity contribution is 5.97. The maximum atomic E-state index is 13.5. The number of carbonyl (C=O) groups is 1. The van der Waals surface area contributed by atoms with Crippen molar-refractivity contribution in [3.63, 3.8) is 0 Å². The van der Waals surface area contributed by atoms with Crippen LogP contribution in [0.2, 0.25) is 0 Å². The number of carbonyl (C=O) groups excluding carboxylic acids is 1. The van der Waals surface area contributed by atoms with Gasteiger partial charge in [0.1, 0.15) is 23.3 Å². The molecular formula is C27H32F2N8O4. The highest BCUT2D eigenvalue weighted by atomic mass is 19.3. The summed E-state index contributed by atoms with van der Waals surface area (Å²) in [5.74, 6) is -0.0303. The molecule has 2 fully saturated rings. The van der Waals surface area contributed by atoms with Crippen molar-refractivity contribution in [2.24, 2.45) is 0 Å². The summed E-state index contributed by atoms with van der Waals surface area (Å²) in [7, 11) is 0. The van der Waals surface area contributed by atoms with Crippen LogP contribution in [-0.4, -0.2) is 86.0 Å². The van der Waals surface area contributed by atoms with Gasteiger partial charge in [-0.3, -0.25) is 4.79 Å². The van der Waals surface area contributed by atoms with Gasteiger partial charge in [-0.1, -0.05) is 12.8 Å². The molecule has 218 valence electrons. The Morgan fingerprint density at radius 2 is 2.00 bits per heavy atom. The quantitative estimate of drug-likeness (QED) is 0.368. The fourth-order valence-corrected chi connectivity index (χ4v) is 5.28. The molecule has 0 aromatic carbocycles. The number of rotatable bonds is 8. The molecule has 41 heavy (non-hydrogen) atoms. The normalized spacial score (nSPS) is 22.9. The molecule has 1 amide bonds. The minimum absolute atomic E-state index is 0.0536. The molecule has 1 saturated carbocycles. The second-order valence-corrected chi connectivity index (χ2v) is 10.4. The number of nitriles is 1. The topological polar surface area (TPSA) is 150 Å². The third-order valence-electron chi connectivity index (χ3n) is 7.25. The molecule has 1 aliphatic heterocycles. The Balaban J connectivity index is 1.48. The van der Waals surface area contributed by atoms with Crippen molar-refractivity contribution >= 4 is 28.9 Å². The summed E-state index contributed by atoms with van der Waals surface area (Å²) in [6, 6.07) is 6.09. The highest BCUT2D eigenvalue weighted by Crippen LogP contribution is 2.29. The second-order valence-electron chi connectivity index (χ2n) is 10.4. The molecule has 0 spiro atoms. The molecule has 3 aromatic heterocycles. The van der Waals surface area contributed by atoms with E-state index in [1.165, 1.54) is 16.8 Å². The molecule has 4 atom stereocenters. The smallest absolute Gasteiger partial charge is 0.272 e. The number of aliphatic hydroxyl groups is 1. The molecule has 1 saturated heterocycles. The van der Waals surface area contributed by atoms with Gasteiger partial charge in [0.15, 0.2) is 17.9 Å². The number of nitrogens with zero attached hydrogens (tertiary/aromatic N) is 6. The van der Waals surface area contributed by atoms with E-state index in [2.05, 4.69) is 31.8 Å². The predicted octanol–water partition coefficient (Wildman–Crippen LogP) is 3.35. The number of halogens is 2. The van der Waals surface area contributed by atoms with E-state index in [0.29, 0.717) is 36.8 Å². The summed E-state index contributed by atoms with van der Waals surface area (Å²) in [5, 5.41) is 30.8. The number of imidazole rings is 1. The lowest BCUT2D eigenvalue weighted by molar-refractivity contribution is -0.0252. The Bertz CT molecular complexity index is 1430. The van der Waals surface area contributed by atoms with E-state index in [0.717, 1.165) is 19.3 Å². The maximum absolute atomic E-state index is 13.5. The van der Waals surface area contributed by atoms with Gasteiger partial charge in [-0.05, 0) is 38.8 Å². The summed E-state index contributed by atoms with van der Waals surface area (Å²) in [6.07, 6.45) is 1.43. The van der Waals surface area contributed by atoms with Crippen molar-refractivity contribution < 1.29 is 28.2 Å². The van der Waals surface area contributed by atoms with Crippen LogP contribution in [0.25, 0.3) is 5.65 Å². The molecule has 14 heteroatoms. The fraction of sp³-hybridized carbons (Fsp3) is 0.519.